The van der Waals surface area contributed by atoms with Gasteiger partial charge in [-0.25, -0.2) is 14.4 Å². The second-order valence-electron chi connectivity index (χ2n) is 8.90. The van der Waals surface area contributed by atoms with Crippen LogP contribution in [-0.4, -0.2) is 73.0 Å². The van der Waals surface area contributed by atoms with Crippen LogP contribution in [0.2, 0.25) is 0 Å². The van der Waals surface area contributed by atoms with Crippen molar-refractivity contribution in [3.05, 3.63) is 47.2 Å². The molecule has 2 aliphatic heterocycles. The monoisotopic (exact) mass is 440 g/mol. The fourth-order valence-electron chi connectivity index (χ4n) is 4.69. The summed E-state index contributed by atoms with van der Waals surface area (Å²) < 4.78 is 14.0. The van der Waals surface area contributed by atoms with E-state index in [0.717, 1.165) is 56.2 Å². The van der Waals surface area contributed by atoms with Crippen molar-refractivity contribution >= 4 is 17.4 Å². The molecule has 1 aromatic carbocycles. The lowest BCUT2D eigenvalue weighted by molar-refractivity contribution is -0.132. The SMILES string of the molecule is CNc1nc([C@@H]2CCCN(C(=O)CCN(C)c3ccccc3F)C2)nc2c1CCN(C)C2. The number of hydrogen-bond acceptors (Lipinski definition) is 6. The standard InChI is InChI=1S/C24H33FN6O/c1-26-24-18-10-13-29(2)16-20(18)27-23(28-24)17-7-6-12-31(15-17)22(32)11-14-30(3)21-9-5-4-8-19(21)25/h4-5,8-9,17H,6-7,10-16H2,1-3H3,(H,26,27,28)/t17-/m1/s1. The van der Waals surface area contributed by atoms with Crippen LogP contribution in [0.5, 0.6) is 0 Å². The molecule has 0 spiro atoms. The minimum atomic E-state index is -0.268. The predicted molar refractivity (Wildman–Crippen MR) is 124 cm³/mol. The topological polar surface area (TPSA) is 64.6 Å². The Bertz CT molecular complexity index is 968. The Hall–Kier alpha value is -2.74. The van der Waals surface area contributed by atoms with E-state index in [4.69, 9.17) is 9.97 Å². The summed E-state index contributed by atoms with van der Waals surface area (Å²) in [6, 6.07) is 6.66. The van der Waals surface area contributed by atoms with Crippen LogP contribution in [-0.2, 0) is 17.8 Å². The average molecular weight is 441 g/mol. The lowest BCUT2D eigenvalue weighted by Crippen LogP contribution is -2.41. The van der Waals surface area contributed by atoms with Crippen LogP contribution in [0, 0.1) is 5.82 Å². The number of hydrogen-bond donors (Lipinski definition) is 1. The molecule has 1 fully saturated rings. The summed E-state index contributed by atoms with van der Waals surface area (Å²) in [5, 5.41) is 3.25. The largest absolute Gasteiger partial charge is 0.373 e. The summed E-state index contributed by atoms with van der Waals surface area (Å²) in [4.78, 5) is 28.7. The van der Waals surface area contributed by atoms with Crippen LogP contribution < -0.4 is 10.2 Å². The molecular weight excluding hydrogens is 407 g/mol. The number of carbonyl (C=O) groups is 1. The molecule has 2 aliphatic rings. The van der Waals surface area contributed by atoms with Gasteiger partial charge < -0.3 is 20.0 Å². The maximum absolute atomic E-state index is 14.0. The molecule has 1 aromatic heterocycles. The van der Waals surface area contributed by atoms with Crippen molar-refractivity contribution in [1.29, 1.82) is 0 Å². The van der Waals surface area contributed by atoms with Crippen molar-refractivity contribution in [2.24, 2.45) is 0 Å². The molecule has 2 aromatic rings. The number of benzene rings is 1. The summed E-state index contributed by atoms with van der Waals surface area (Å²) in [6.45, 7) is 3.71. The van der Waals surface area contributed by atoms with E-state index in [2.05, 4.69) is 17.3 Å². The summed E-state index contributed by atoms with van der Waals surface area (Å²) in [6.07, 6.45) is 3.23. The zero-order valence-electron chi connectivity index (χ0n) is 19.3. The van der Waals surface area contributed by atoms with E-state index in [1.165, 1.54) is 11.6 Å². The maximum atomic E-state index is 14.0. The first kappa shape index (κ1) is 22.5. The number of rotatable bonds is 6. The van der Waals surface area contributed by atoms with Gasteiger partial charge in [-0.3, -0.25) is 4.79 Å². The predicted octanol–water partition coefficient (Wildman–Crippen LogP) is 2.88. The van der Waals surface area contributed by atoms with Crippen LogP contribution in [0.3, 0.4) is 0 Å². The Morgan fingerprint density at radius 2 is 2.09 bits per heavy atom. The van der Waals surface area contributed by atoms with E-state index in [1.807, 2.05) is 25.1 Å². The second kappa shape index (κ2) is 9.81. The zero-order valence-corrected chi connectivity index (χ0v) is 19.3. The van der Waals surface area contributed by atoms with Gasteiger partial charge in [-0.1, -0.05) is 12.1 Å². The Kier molecular flexibility index (Phi) is 6.89. The van der Waals surface area contributed by atoms with Gasteiger partial charge in [0, 0.05) is 64.7 Å². The molecule has 8 heteroatoms. The van der Waals surface area contributed by atoms with Crippen LogP contribution in [0.25, 0.3) is 0 Å². The number of aromatic nitrogens is 2. The van der Waals surface area contributed by atoms with Crippen molar-refractivity contribution in [1.82, 2.24) is 19.8 Å². The molecule has 32 heavy (non-hydrogen) atoms. The third-order valence-corrected chi connectivity index (χ3v) is 6.57. The number of likely N-dealkylation sites (N-methyl/N-ethyl adjacent to an activating group) is 1. The van der Waals surface area contributed by atoms with Crippen LogP contribution >= 0.6 is 0 Å². The summed E-state index contributed by atoms with van der Waals surface area (Å²) in [5.41, 5.74) is 2.83. The second-order valence-corrected chi connectivity index (χ2v) is 8.90. The van der Waals surface area contributed by atoms with Crippen molar-refractivity contribution in [2.45, 2.75) is 38.1 Å². The number of fused-ring (bicyclic) bond motifs is 1. The molecule has 1 N–H and O–H groups in total. The number of nitrogens with one attached hydrogen (secondary N) is 1. The van der Waals surface area contributed by atoms with Gasteiger partial charge >= 0.3 is 0 Å². The van der Waals surface area contributed by atoms with Gasteiger partial charge in [0.2, 0.25) is 5.91 Å². The van der Waals surface area contributed by atoms with Crippen LogP contribution in [0.15, 0.2) is 24.3 Å². The molecule has 7 nitrogen and oxygen atoms in total. The molecule has 0 aliphatic carbocycles. The highest BCUT2D eigenvalue weighted by molar-refractivity contribution is 5.77. The normalized spacial score (nSPS) is 18.9. The molecule has 3 heterocycles. The number of para-hydroxylation sites is 1. The van der Waals surface area contributed by atoms with E-state index in [-0.39, 0.29) is 17.6 Å². The van der Waals surface area contributed by atoms with E-state index in [1.54, 1.807) is 17.0 Å². The highest BCUT2D eigenvalue weighted by Crippen LogP contribution is 2.30. The summed E-state index contributed by atoms with van der Waals surface area (Å²) in [5.74, 6) is 1.74. The molecular formula is C24H33FN6O. The Balaban J connectivity index is 1.41. The van der Waals surface area contributed by atoms with Gasteiger partial charge in [-0.15, -0.1) is 0 Å². The van der Waals surface area contributed by atoms with Gasteiger partial charge in [-0.05, 0) is 38.4 Å². The van der Waals surface area contributed by atoms with Gasteiger partial charge in [0.25, 0.3) is 0 Å². The fraction of sp³-hybridized carbons (Fsp3) is 0.542. The molecule has 1 saturated heterocycles. The summed E-state index contributed by atoms with van der Waals surface area (Å²) >= 11 is 0. The third kappa shape index (κ3) is 4.85. The van der Waals surface area contributed by atoms with Crippen LogP contribution in [0.4, 0.5) is 15.9 Å². The van der Waals surface area contributed by atoms with Crippen molar-refractivity contribution in [3.8, 4) is 0 Å². The molecule has 0 bridgehead atoms. The lowest BCUT2D eigenvalue weighted by atomic mass is 9.96. The molecule has 1 amide bonds. The third-order valence-electron chi connectivity index (χ3n) is 6.57. The highest BCUT2D eigenvalue weighted by atomic mass is 19.1. The Morgan fingerprint density at radius 3 is 2.88 bits per heavy atom. The maximum Gasteiger partial charge on any atom is 0.224 e. The number of likely N-dealkylation sites (tertiary alicyclic amines) is 1. The van der Waals surface area contributed by atoms with E-state index in [9.17, 15) is 9.18 Å². The molecule has 4 rings (SSSR count). The van der Waals surface area contributed by atoms with E-state index in [0.29, 0.717) is 25.2 Å². The first-order valence-electron chi connectivity index (χ1n) is 11.5. The van der Waals surface area contributed by atoms with Crippen molar-refractivity contribution in [2.75, 3.05) is 57.5 Å². The first-order chi connectivity index (χ1) is 15.5. The molecule has 172 valence electrons. The minimum absolute atomic E-state index is 0.101. The van der Waals surface area contributed by atoms with E-state index < -0.39 is 0 Å². The molecule has 0 unspecified atom stereocenters. The first-order valence-corrected chi connectivity index (χ1v) is 11.5. The lowest BCUT2D eigenvalue weighted by Gasteiger charge is -2.33. The Morgan fingerprint density at radius 1 is 1.28 bits per heavy atom. The number of carbonyl (C=O) groups excluding carboxylic acids is 1. The fourth-order valence-corrected chi connectivity index (χ4v) is 4.69. The quantitative estimate of drug-likeness (QED) is 0.745. The molecule has 0 radical (unpaired) electrons. The highest BCUT2D eigenvalue weighted by Gasteiger charge is 2.29. The van der Waals surface area contributed by atoms with Gasteiger partial charge in [-0.2, -0.15) is 0 Å². The minimum Gasteiger partial charge on any atom is -0.373 e. The number of piperidine rings is 1. The van der Waals surface area contributed by atoms with Gasteiger partial charge in [0.15, 0.2) is 0 Å². The smallest absolute Gasteiger partial charge is 0.224 e. The number of amides is 1. The van der Waals surface area contributed by atoms with Crippen LogP contribution in [0.1, 0.15) is 42.3 Å². The van der Waals surface area contributed by atoms with Crippen molar-refractivity contribution < 1.29 is 9.18 Å². The van der Waals surface area contributed by atoms with Crippen molar-refractivity contribution in [3.63, 3.8) is 0 Å². The molecule has 0 saturated carbocycles. The molecule has 1 atom stereocenters. The van der Waals surface area contributed by atoms with Gasteiger partial charge in [0.1, 0.15) is 17.5 Å². The number of anilines is 2. The average Bonchev–Trinajstić information content (AvgIpc) is 2.81. The number of nitrogens with zero attached hydrogens (tertiary/aromatic N) is 5. The number of halogens is 1. The summed E-state index contributed by atoms with van der Waals surface area (Å²) in [7, 11) is 5.85. The van der Waals surface area contributed by atoms with E-state index >= 15 is 0 Å². The zero-order chi connectivity index (χ0) is 22.7. The van der Waals surface area contributed by atoms with Gasteiger partial charge in [0.05, 0.1) is 11.4 Å². The Labute approximate surface area is 189 Å².